The Bertz CT molecular complexity index is 413. The van der Waals surface area contributed by atoms with Gasteiger partial charge >= 0.3 is 5.97 Å². The van der Waals surface area contributed by atoms with Crippen LogP contribution in [0.25, 0.3) is 0 Å². The molecule has 4 nitrogen and oxygen atoms in total. The molecule has 0 atom stereocenters. The Morgan fingerprint density at radius 3 is 2.38 bits per heavy atom. The third kappa shape index (κ3) is 7.30. The Kier molecular flexibility index (Phi) is 8.79. The molecule has 0 radical (unpaired) electrons. The molecule has 0 saturated carbocycles. The van der Waals surface area contributed by atoms with Crippen molar-refractivity contribution in [3.05, 3.63) is 18.2 Å². The van der Waals surface area contributed by atoms with Gasteiger partial charge in [0.25, 0.3) is 5.82 Å². The number of hydrogen-bond donors (Lipinski definition) is 1. The molecule has 0 amide bonds. The smallest absolute Gasteiger partial charge is 0.307 e. The highest BCUT2D eigenvalue weighted by Gasteiger charge is 2.14. The van der Waals surface area contributed by atoms with E-state index in [1.54, 1.807) is 0 Å². The zero-order valence-corrected chi connectivity index (χ0v) is 13.7. The lowest BCUT2D eigenvalue weighted by atomic mass is 10.1. The van der Waals surface area contributed by atoms with Crippen molar-refractivity contribution in [1.29, 1.82) is 0 Å². The molecule has 0 fully saturated rings. The fraction of sp³-hybridized carbons (Fsp3) is 0.765. The van der Waals surface area contributed by atoms with E-state index in [2.05, 4.69) is 16.1 Å². The highest BCUT2D eigenvalue weighted by molar-refractivity contribution is 5.66. The molecule has 0 saturated heterocycles. The van der Waals surface area contributed by atoms with Crippen molar-refractivity contribution in [3.63, 3.8) is 0 Å². The lowest BCUT2D eigenvalue weighted by Crippen LogP contribution is -2.32. The molecule has 0 aliphatic heterocycles. The summed E-state index contributed by atoms with van der Waals surface area (Å²) < 4.78 is 4.19. The maximum Gasteiger partial charge on any atom is 0.307 e. The molecule has 0 bridgehead atoms. The zero-order valence-electron chi connectivity index (χ0n) is 13.7. The summed E-state index contributed by atoms with van der Waals surface area (Å²) in [7, 11) is 2.04. The van der Waals surface area contributed by atoms with Gasteiger partial charge in [-0.25, -0.2) is 9.13 Å². The van der Waals surface area contributed by atoms with Crippen molar-refractivity contribution >= 4 is 5.97 Å². The minimum Gasteiger partial charge on any atom is -0.481 e. The highest BCUT2D eigenvalue weighted by Crippen LogP contribution is 2.10. The van der Waals surface area contributed by atoms with Crippen molar-refractivity contribution in [3.8, 4) is 0 Å². The average molecular weight is 295 g/mol. The topological polar surface area (TPSA) is 46.1 Å². The second-order valence-corrected chi connectivity index (χ2v) is 5.89. The van der Waals surface area contributed by atoms with Crippen LogP contribution in [0.15, 0.2) is 12.4 Å². The van der Waals surface area contributed by atoms with Crippen LogP contribution >= 0.6 is 0 Å². The van der Waals surface area contributed by atoms with Crippen molar-refractivity contribution < 1.29 is 14.5 Å². The number of carbonyl (C=O) groups is 1. The molecule has 120 valence electrons. The van der Waals surface area contributed by atoms with Crippen LogP contribution in [0.1, 0.15) is 70.5 Å². The van der Waals surface area contributed by atoms with E-state index in [1.807, 2.05) is 19.4 Å². The summed E-state index contributed by atoms with van der Waals surface area (Å²) in [5.41, 5.74) is 0. The van der Waals surface area contributed by atoms with E-state index >= 15 is 0 Å². The van der Waals surface area contributed by atoms with Crippen molar-refractivity contribution in [1.82, 2.24) is 4.57 Å². The predicted octanol–water partition coefficient (Wildman–Crippen LogP) is 3.47. The number of unbranched alkanes of at least 4 members (excludes halogenated alkanes) is 7. The highest BCUT2D eigenvalue weighted by atomic mass is 16.4. The van der Waals surface area contributed by atoms with Gasteiger partial charge in [-0.15, -0.1) is 0 Å². The van der Waals surface area contributed by atoms with Crippen LogP contribution in [-0.2, 0) is 24.8 Å². The normalized spacial score (nSPS) is 11.0. The number of aliphatic carboxylic acids is 1. The Hall–Kier alpha value is -1.32. The molecular weight excluding hydrogens is 264 g/mol. The van der Waals surface area contributed by atoms with Crippen LogP contribution in [0.2, 0.25) is 0 Å². The van der Waals surface area contributed by atoms with Gasteiger partial charge in [0.2, 0.25) is 0 Å². The Balaban J connectivity index is 2.22. The van der Waals surface area contributed by atoms with E-state index in [0.29, 0.717) is 6.54 Å². The molecule has 4 heteroatoms. The number of aromatic nitrogens is 2. The summed E-state index contributed by atoms with van der Waals surface area (Å²) in [6.07, 6.45) is 15.8. The van der Waals surface area contributed by atoms with Crippen LogP contribution in [0.3, 0.4) is 0 Å². The molecule has 1 N–H and O–H groups in total. The predicted molar refractivity (Wildman–Crippen MR) is 84.2 cm³/mol. The molecule has 1 heterocycles. The summed E-state index contributed by atoms with van der Waals surface area (Å²) in [4.78, 5) is 10.7. The van der Waals surface area contributed by atoms with Gasteiger partial charge in [-0.3, -0.25) is 4.79 Å². The summed E-state index contributed by atoms with van der Waals surface area (Å²) in [6.45, 7) is 2.82. The number of carboxylic acid groups (broad SMARTS) is 1. The summed E-state index contributed by atoms with van der Waals surface area (Å²) in [5, 5.41) is 8.79. The van der Waals surface area contributed by atoms with Crippen LogP contribution in [0.4, 0.5) is 0 Å². The Morgan fingerprint density at radius 1 is 1.14 bits per heavy atom. The fourth-order valence-electron chi connectivity index (χ4n) is 2.71. The second kappa shape index (κ2) is 10.4. The van der Waals surface area contributed by atoms with Crippen LogP contribution in [0, 0.1) is 0 Å². The van der Waals surface area contributed by atoms with Crippen molar-refractivity contribution in [2.24, 2.45) is 7.05 Å². The van der Waals surface area contributed by atoms with Gasteiger partial charge in [0, 0.05) is 6.42 Å². The lowest BCUT2D eigenvalue weighted by molar-refractivity contribution is -0.678. The first kappa shape index (κ1) is 17.7. The monoisotopic (exact) mass is 295 g/mol. The quantitative estimate of drug-likeness (QED) is 0.474. The van der Waals surface area contributed by atoms with Gasteiger partial charge in [0.05, 0.1) is 13.5 Å². The average Bonchev–Trinajstić information content (AvgIpc) is 2.80. The van der Waals surface area contributed by atoms with Crippen LogP contribution in [-0.4, -0.2) is 15.6 Å². The Morgan fingerprint density at radius 2 is 1.76 bits per heavy atom. The fourth-order valence-corrected chi connectivity index (χ4v) is 2.71. The largest absolute Gasteiger partial charge is 0.481 e. The van der Waals surface area contributed by atoms with Gasteiger partial charge in [0.1, 0.15) is 18.9 Å². The van der Waals surface area contributed by atoms with Crippen LogP contribution in [0.5, 0.6) is 0 Å². The van der Waals surface area contributed by atoms with E-state index in [9.17, 15) is 4.79 Å². The summed E-state index contributed by atoms with van der Waals surface area (Å²) in [5.74, 6) is 0.506. The summed E-state index contributed by atoms with van der Waals surface area (Å²) >= 11 is 0. The molecule has 0 aromatic carbocycles. The number of aryl methyl sites for hydroxylation is 2. The van der Waals surface area contributed by atoms with E-state index < -0.39 is 5.97 Å². The number of carboxylic acids is 1. The molecule has 1 rings (SSSR count). The molecule has 1 aromatic heterocycles. The third-order valence-corrected chi connectivity index (χ3v) is 4.03. The van der Waals surface area contributed by atoms with E-state index in [1.165, 1.54) is 57.2 Å². The van der Waals surface area contributed by atoms with E-state index in [0.717, 1.165) is 6.42 Å². The molecular formula is C17H31N2O2+. The standard InChI is InChI=1S/C17H30N2O2/c1-3-4-5-6-7-8-9-10-11-16-18(2)14-15-19(16)13-12-17(20)21/h14-15H,3-13H2,1-2H3/p+1. The SMILES string of the molecule is CCCCCCCCCCc1n(CCC(=O)O)cc[n+]1C. The molecule has 1 aromatic rings. The number of imidazole rings is 1. The maximum atomic E-state index is 10.7. The Labute approximate surface area is 128 Å². The van der Waals surface area contributed by atoms with Crippen LogP contribution < -0.4 is 4.57 Å². The minimum atomic E-state index is -0.732. The number of nitrogens with zero attached hydrogens (tertiary/aromatic N) is 2. The van der Waals surface area contributed by atoms with E-state index in [-0.39, 0.29) is 6.42 Å². The first-order valence-corrected chi connectivity index (χ1v) is 8.40. The van der Waals surface area contributed by atoms with Gasteiger partial charge in [-0.1, -0.05) is 51.9 Å². The lowest BCUT2D eigenvalue weighted by Gasteiger charge is -2.03. The van der Waals surface area contributed by atoms with Gasteiger partial charge in [-0.2, -0.15) is 0 Å². The van der Waals surface area contributed by atoms with E-state index in [4.69, 9.17) is 5.11 Å². The maximum absolute atomic E-state index is 10.7. The number of hydrogen-bond acceptors (Lipinski definition) is 1. The van der Waals surface area contributed by atoms with Gasteiger partial charge in [0.15, 0.2) is 0 Å². The minimum absolute atomic E-state index is 0.194. The molecule has 0 aliphatic rings. The third-order valence-electron chi connectivity index (χ3n) is 4.03. The number of rotatable bonds is 12. The molecule has 21 heavy (non-hydrogen) atoms. The zero-order chi connectivity index (χ0) is 15.5. The second-order valence-electron chi connectivity index (χ2n) is 5.89. The van der Waals surface area contributed by atoms with Gasteiger partial charge in [-0.05, 0) is 6.42 Å². The van der Waals surface area contributed by atoms with Gasteiger partial charge < -0.3 is 5.11 Å². The van der Waals surface area contributed by atoms with Crippen molar-refractivity contribution in [2.75, 3.05) is 0 Å². The summed E-state index contributed by atoms with van der Waals surface area (Å²) in [6, 6.07) is 0. The first-order chi connectivity index (χ1) is 10.1. The van der Waals surface area contributed by atoms with Crippen molar-refractivity contribution in [2.45, 2.75) is 77.7 Å². The molecule has 0 spiro atoms. The first-order valence-electron chi connectivity index (χ1n) is 8.40. The molecule has 0 aliphatic carbocycles. The molecule has 0 unspecified atom stereocenters.